The molecule has 19 heavy (non-hydrogen) atoms. The topological polar surface area (TPSA) is 39.2 Å². The third-order valence-electron chi connectivity index (χ3n) is 2.90. The normalized spacial score (nSPS) is 12.1. The Labute approximate surface area is 123 Å². The lowest BCUT2D eigenvalue weighted by Crippen LogP contribution is -2.18. The second-order valence-electron chi connectivity index (χ2n) is 4.56. The molecule has 0 aliphatic heterocycles. The Kier molecular flexibility index (Phi) is 8.47. The van der Waals surface area contributed by atoms with E-state index in [2.05, 4.69) is 27.8 Å². The summed E-state index contributed by atoms with van der Waals surface area (Å²) in [4.78, 5) is 15.7. The lowest BCUT2D eigenvalue weighted by molar-refractivity contribution is -0.142. The second-order valence-corrected chi connectivity index (χ2v) is 5.66. The molecule has 0 aliphatic carbocycles. The first-order valence-electron chi connectivity index (χ1n) is 6.94. The van der Waals surface area contributed by atoms with Crippen LogP contribution in [0.15, 0.2) is 24.4 Å². The molecule has 0 aliphatic rings. The maximum atomic E-state index is 11.7. The molecule has 3 nitrogen and oxygen atoms in total. The van der Waals surface area contributed by atoms with Crippen LogP contribution < -0.4 is 0 Å². The number of nitrogens with zero attached hydrogens (tertiary/aromatic N) is 1. The van der Waals surface area contributed by atoms with E-state index >= 15 is 0 Å². The molecule has 106 valence electrons. The van der Waals surface area contributed by atoms with Gasteiger partial charge in [0.2, 0.25) is 0 Å². The Morgan fingerprint density at radius 2 is 2.21 bits per heavy atom. The molecular weight excluding hydrogens is 306 g/mol. The van der Waals surface area contributed by atoms with Crippen molar-refractivity contribution in [3.63, 3.8) is 0 Å². The number of carbonyl (C=O) groups is 1. The molecular formula is C15H22BrNO2. The number of halogens is 1. The van der Waals surface area contributed by atoms with Crippen LogP contribution in [-0.4, -0.2) is 22.4 Å². The number of esters is 1. The third kappa shape index (κ3) is 7.31. The summed E-state index contributed by atoms with van der Waals surface area (Å²) in [5, 5.41) is 0. The van der Waals surface area contributed by atoms with E-state index in [1.807, 2.05) is 18.2 Å². The number of aromatic nitrogens is 1. The minimum Gasteiger partial charge on any atom is -0.464 e. The maximum absolute atomic E-state index is 11.7. The van der Waals surface area contributed by atoms with Crippen LogP contribution in [0, 0.1) is 0 Å². The first-order valence-corrected chi connectivity index (χ1v) is 7.86. The quantitative estimate of drug-likeness (QED) is 0.392. The highest BCUT2D eigenvalue weighted by molar-refractivity contribution is 9.10. The number of unbranched alkanes of at least 4 members (excludes halogenated alkanes) is 3. The first-order chi connectivity index (χ1) is 9.24. The molecule has 1 aromatic heterocycles. The summed E-state index contributed by atoms with van der Waals surface area (Å²) >= 11 is 3.39. The lowest BCUT2D eigenvalue weighted by Gasteiger charge is -2.09. The van der Waals surface area contributed by atoms with E-state index in [1.165, 1.54) is 19.3 Å². The number of ether oxygens (including phenoxy) is 1. The molecule has 4 heteroatoms. The van der Waals surface area contributed by atoms with Gasteiger partial charge in [-0.3, -0.25) is 9.78 Å². The SMILES string of the molecule is CCCCCCC(Br)C(=O)OCCc1ccccn1. The summed E-state index contributed by atoms with van der Waals surface area (Å²) in [6.07, 6.45) is 7.96. The molecule has 0 N–H and O–H groups in total. The molecule has 1 atom stereocenters. The highest BCUT2D eigenvalue weighted by Gasteiger charge is 2.15. The molecule has 1 rings (SSSR count). The molecule has 0 spiro atoms. The zero-order chi connectivity index (χ0) is 13.9. The van der Waals surface area contributed by atoms with Gasteiger partial charge in [0, 0.05) is 18.3 Å². The third-order valence-corrected chi connectivity index (χ3v) is 3.73. The van der Waals surface area contributed by atoms with Gasteiger partial charge in [0.1, 0.15) is 4.83 Å². The van der Waals surface area contributed by atoms with Crippen molar-refractivity contribution in [3.05, 3.63) is 30.1 Å². The largest absolute Gasteiger partial charge is 0.464 e. The zero-order valence-corrected chi connectivity index (χ0v) is 13.1. The summed E-state index contributed by atoms with van der Waals surface area (Å²) in [5.41, 5.74) is 0.948. The smallest absolute Gasteiger partial charge is 0.319 e. The van der Waals surface area contributed by atoms with Crippen LogP contribution in [0.5, 0.6) is 0 Å². The van der Waals surface area contributed by atoms with Crippen molar-refractivity contribution in [1.29, 1.82) is 0 Å². The zero-order valence-electron chi connectivity index (χ0n) is 11.5. The van der Waals surface area contributed by atoms with E-state index < -0.39 is 0 Å². The predicted octanol–water partition coefficient (Wildman–Crippen LogP) is 3.90. The van der Waals surface area contributed by atoms with Crippen LogP contribution >= 0.6 is 15.9 Å². The summed E-state index contributed by atoms with van der Waals surface area (Å²) in [7, 11) is 0. The number of hydrogen-bond donors (Lipinski definition) is 0. The van der Waals surface area contributed by atoms with Crippen LogP contribution in [0.4, 0.5) is 0 Å². The monoisotopic (exact) mass is 327 g/mol. The highest BCUT2D eigenvalue weighted by Crippen LogP contribution is 2.13. The van der Waals surface area contributed by atoms with Gasteiger partial charge < -0.3 is 4.74 Å². The van der Waals surface area contributed by atoms with E-state index in [1.54, 1.807) is 6.20 Å². The van der Waals surface area contributed by atoms with Gasteiger partial charge in [-0.25, -0.2) is 0 Å². The summed E-state index contributed by atoms with van der Waals surface area (Å²) < 4.78 is 5.24. The molecule has 0 fully saturated rings. The number of pyridine rings is 1. The van der Waals surface area contributed by atoms with Gasteiger partial charge >= 0.3 is 5.97 Å². The first kappa shape index (κ1) is 16.2. The Morgan fingerprint density at radius 1 is 1.37 bits per heavy atom. The molecule has 0 radical (unpaired) electrons. The Bertz CT molecular complexity index is 356. The van der Waals surface area contributed by atoms with Crippen LogP contribution in [0.1, 0.15) is 44.7 Å². The van der Waals surface area contributed by atoms with E-state index in [9.17, 15) is 4.79 Å². The molecule has 0 amide bonds. The van der Waals surface area contributed by atoms with Gasteiger partial charge in [-0.15, -0.1) is 0 Å². The predicted molar refractivity (Wildman–Crippen MR) is 80.4 cm³/mol. The van der Waals surface area contributed by atoms with Crippen LogP contribution in [0.3, 0.4) is 0 Å². The lowest BCUT2D eigenvalue weighted by atomic mass is 10.1. The number of rotatable bonds is 9. The number of alkyl halides is 1. The molecule has 0 saturated carbocycles. The van der Waals surface area contributed by atoms with Crippen molar-refractivity contribution >= 4 is 21.9 Å². The number of hydrogen-bond acceptors (Lipinski definition) is 3. The Hall–Kier alpha value is -0.900. The summed E-state index contributed by atoms with van der Waals surface area (Å²) in [6, 6.07) is 5.75. The fourth-order valence-corrected chi connectivity index (χ4v) is 2.22. The van der Waals surface area contributed by atoms with Gasteiger partial charge in [-0.2, -0.15) is 0 Å². The fourth-order valence-electron chi connectivity index (χ4n) is 1.76. The highest BCUT2D eigenvalue weighted by atomic mass is 79.9. The molecule has 1 heterocycles. The summed E-state index contributed by atoms with van der Waals surface area (Å²) in [6.45, 7) is 2.57. The van der Waals surface area contributed by atoms with E-state index in [0.717, 1.165) is 18.5 Å². The van der Waals surface area contributed by atoms with E-state index in [0.29, 0.717) is 13.0 Å². The Morgan fingerprint density at radius 3 is 2.89 bits per heavy atom. The molecule has 1 aromatic rings. The van der Waals surface area contributed by atoms with Gasteiger partial charge in [-0.1, -0.05) is 54.6 Å². The van der Waals surface area contributed by atoms with Crippen molar-refractivity contribution in [2.75, 3.05) is 6.61 Å². The van der Waals surface area contributed by atoms with Crippen molar-refractivity contribution in [2.24, 2.45) is 0 Å². The molecule has 1 unspecified atom stereocenters. The maximum Gasteiger partial charge on any atom is 0.319 e. The van der Waals surface area contributed by atoms with Gasteiger partial charge in [0.25, 0.3) is 0 Å². The van der Waals surface area contributed by atoms with Crippen molar-refractivity contribution in [1.82, 2.24) is 4.98 Å². The molecule has 0 bridgehead atoms. The second kappa shape index (κ2) is 9.96. The average Bonchev–Trinajstić information content (AvgIpc) is 2.44. The minimum absolute atomic E-state index is 0.160. The van der Waals surface area contributed by atoms with Gasteiger partial charge in [0.05, 0.1) is 6.61 Å². The van der Waals surface area contributed by atoms with Crippen molar-refractivity contribution in [2.45, 2.75) is 50.3 Å². The van der Waals surface area contributed by atoms with Crippen molar-refractivity contribution < 1.29 is 9.53 Å². The fraction of sp³-hybridized carbons (Fsp3) is 0.600. The molecule has 0 aromatic carbocycles. The average molecular weight is 328 g/mol. The standard InChI is InChI=1S/C15H22BrNO2/c1-2-3-4-5-9-14(16)15(18)19-12-10-13-8-6-7-11-17-13/h6-8,11,14H,2-5,9-10,12H2,1H3. The summed E-state index contributed by atoms with van der Waals surface area (Å²) in [5.74, 6) is -0.160. The van der Waals surface area contributed by atoms with Crippen molar-refractivity contribution in [3.8, 4) is 0 Å². The minimum atomic E-state index is -0.173. The van der Waals surface area contributed by atoms with Crippen LogP contribution in [0.2, 0.25) is 0 Å². The van der Waals surface area contributed by atoms with E-state index in [-0.39, 0.29) is 10.8 Å². The van der Waals surface area contributed by atoms with Crippen LogP contribution in [-0.2, 0) is 16.0 Å². The number of carbonyl (C=O) groups excluding carboxylic acids is 1. The molecule has 0 saturated heterocycles. The van der Waals surface area contributed by atoms with Gasteiger partial charge in [0.15, 0.2) is 0 Å². The van der Waals surface area contributed by atoms with Crippen LogP contribution in [0.25, 0.3) is 0 Å². The van der Waals surface area contributed by atoms with E-state index in [4.69, 9.17) is 4.74 Å². The Balaban J connectivity index is 2.13. The van der Waals surface area contributed by atoms with Gasteiger partial charge in [-0.05, 0) is 18.6 Å².